The minimum absolute atomic E-state index is 0.0394. The smallest absolute Gasteiger partial charge is 0.265 e. The maximum Gasteiger partial charge on any atom is 0.265 e. The molecule has 4 aliphatic rings. The van der Waals surface area contributed by atoms with Crippen LogP contribution in [0.1, 0.15) is 94.8 Å². The molecule has 2 aromatic heterocycles. The molecule has 12 nitrogen and oxygen atoms in total. The standard InChI is InChI=1S/C24H24N2O4S2.C24H22N2O4S2/c2*1-15(23-25-10-11-31-23)17-12-16(13-19-18(17)14-22(27)24(19)8-5-9-24)26-32(28,29)21-7-4-3-6-20(21)30-2/h3-4,6-7,10-13,15,26H,5,8-9,14H2,1-2H3;3-4,6-7,10-13,26H,1,5,8-9,14H2,2H3. The lowest BCUT2D eigenvalue weighted by Gasteiger charge is -2.38. The van der Waals surface area contributed by atoms with Gasteiger partial charge in [0, 0.05) is 58.9 Å². The van der Waals surface area contributed by atoms with E-state index in [0.29, 0.717) is 29.8 Å². The number of Topliss-reactive ketones (excluding diaryl/α,β-unsaturated/α-hetero) is 2. The van der Waals surface area contributed by atoms with Gasteiger partial charge in [0.25, 0.3) is 20.0 Å². The van der Waals surface area contributed by atoms with Crippen molar-refractivity contribution in [2.24, 2.45) is 0 Å². The summed E-state index contributed by atoms with van der Waals surface area (Å²) in [6, 6.07) is 20.3. The van der Waals surface area contributed by atoms with Crippen LogP contribution in [0.15, 0.2) is 112 Å². The average molecular weight is 935 g/mol. The molecule has 0 bridgehead atoms. The number of anilines is 2. The predicted molar refractivity (Wildman–Crippen MR) is 249 cm³/mol. The molecule has 0 radical (unpaired) electrons. The lowest BCUT2D eigenvalue weighted by molar-refractivity contribution is -0.126. The summed E-state index contributed by atoms with van der Waals surface area (Å²) >= 11 is 3.02. The molecular weight excluding hydrogens is 889 g/mol. The van der Waals surface area contributed by atoms with Gasteiger partial charge in [0.1, 0.15) is 37.9 Å². The highest BCUT2D eigenvalue weighted by molar-refractivity contribution is 7.93. The van der Waals surface area contributed by atoms with Crippen LogP contribution in [-0.4, -0.2) is 52.6 Å². The zero-order chi connectivity index (χ0) is 45.0. The quantitative estimate of drug-likeness (QED) is 0.121. The summed E-state index contributed by atoms with van der Waals surface area (Å²) in [6.07, 6.45) is 9.47. The normalized spacial score (nSPS) is 17.0. The molecule has 4 aromatic carbocycles. The van der Waals surface area contributed by atoms with E-state index >= 15 is 0 Å². The van der Waals surface area contributed by atoms with E-state index in [-0.39, 0.29) is 38.8 Å². The summed E-state index contributed by atoms with van der Waals surface area (Å²) in [5, 5.41) is 5.49. The van der Waals surface area contributed by atoms with Gasteiger partial charge in [-0.15, -0.1) is 22.7 Å². The van der Waals surface area contributed by atoms with E-state index in [4.69, 9.17) is 9.47 Å². The first-order valence-corrected chi connectivity index (χ1v) is 25.7. The highest BCUT2D eigenvalue weighted by Crippen LogP contribution is 2.54. The fourth-order valence-electron chi connectivity index (χ4n) is 9.67. The van der Waals surface area contributed by atoms with E-state index in [1.807, 2.05) is 29.0 Å². The average Bonchev–Trinajstić information content (AvgIpc) is 4.08. The SMILES string of the molecule is C=C(c1nccs1)c1cc(NS(=O)(=O)c2ccccc2OC)cc2c1CC(=O)C21CCC1.COc1ccccc1S(=O)(=O)Nc1cc(C(C)c2nccs2)c2c(c1)C1(CCC1)C(=O)C2. The number of benzene rings is 4. The predicted octanol–water partition coefficient (Wildman–Crippen LogP) is 9.21. The Labute approximate surface area is 380 Å². The maximum absolute atomic E-state index is 13.2. The molecule has 10 rings (SSSR count). The van der Waals surface area contributed by atoms with Gasteiger partial charge in [0.2, 0.25) is 0 Å². The number of para-hydroxylation sites is 2. The van der Waals surface area contributed by atoms with Crippen molar-refractivity contribution < 1.29 is 35.9 Å². The Morgan fingerprint density at radius 2 is 1.20 bits per heavy atom. The van der Waals surface area contributed by atoms with E-state index in [2.05, 4.69) is 32.9 Å². The number of aromatic nitrogens is 2. The number of fused-ring (bicyclic) bond motifs is 4. The van der Waals surface area contributed by atoms with Gasteiger partial charge in [-0.05, 0) is 108 Å². The summed E-state index contributed by atoms with van der Waals surface area (Å²) in [5.74, 6) is 0.956. The molecule has 1 atom stereocenters. The Bertz CT molecular complexity index is 3050. The third-order valence-electron chi connectivity index (χ3n) is 13.2. The summed E-state index contributed by atoms with van der Waals surface area (Å²) in [7, 11) is -4.91. The number of nitrogens with one attached hydrogen (secondary N) is 2. The summed E-state index contributed by atoms with van der Waals surface area (Å²) in [6.45, 7) is 6.28. The van der Waals surface area contributed by atoms with Crippen molar-refractivity contribution in [3.05, 3.63) is 146 Å². The van der Waals surface area contributed by atoms with Gasteiger partial charge in [-0.3, -0.25) is 19.0 Å². The van der Waals surface area contributed by atoms with Crippen LogP contribution < -0.4 is 18.9 Å². The number of hydrogen-bond acceptors (Lipinski definition) is 12. The molecule has 0 amide bonds. The number of ether oxygens (including phenoxy) is 2. The molecule has 2 fully saturated rings. The van der Waals surface area contributed by atoms with Crippen molar-refractivity contribution in [2.45, 2.75) is 84.8 Å². The third kappa shape index (κ3) is 7.43. The number of sulfonamides is 2. The highest BCUT2D eigenvalue weighted by atomic mass is 32.2. The van der Waals surface area contributed by atoms with E-state index in [1.165, 1.54) is 37.7 Å². The van der Waals surface area contributed by atoms with E-state index < -0.39 is 30.9 Å². The van der Waals surface area contributed by atoms with Crippen LogP contribution >= 0.6 is 22.7 Å². The van der Waals surface area contributed by atoms with Crippen molar-refractivity contribution in [3.8, 4) is 11.5 Å². The molecule has 6 aromatic rings. The van der Waals surface area contributed by atoms with Crippen molar-refractivity contribution in [1.82, 2.24) is 9.97 Å². The summed E-state index contributed by atoms with van der Waals surface area (Å²) < 4.78 is 68.8. The van der Waals surface area contributed by atoms with Crippen LogP contribution in [0.3, 0.4) is 0 Å². The first-order chi connectivity index (χ1) is 30.7. The van der Waals surface area contributed by atoms with Crippen LogP contribution in [0.25, 0.3) is 5.57 Å². The first kappa shape index (κ1) is 43.6. The third-order valence-corrected chi connectivity index (χ3v) is 17.9. The first-order valence-electron chi connectivity index (χ1n) is 20.9. The van der Waals surface area contributed by atoms with Gasteiger partial charge in [-0.2, -0.15) is 0 Å². The molecular formula is C48H46N4O8S4. The summed E-state index contributed by atoms with van der Waals surface area (Å²) in [5.41, 5.74) is 6.22. The molecule has 0 aliphatic heterocycles. The fourth-order valence-corrected chi connectivity index (χ4v) is 13.4. The molecule has 64 heavy (non-hydrogen) atoms. The van der Waals surface area contributed by atoms with Gasteiger partial charge >= 0.3 is 0 Å². The van der Waals surface area contributed by atoms with Crippen LogP contribution in [0.4, 0.5) is 11.4 Å². The van der Waals surface area contributed by atoms with Crippen LogP contribution in [0.2, 0.25) is 0 Å². The van der Waals surface area contributed by atoms with Gasteiger partial charge in [-0.1, -0.05) is 50.6 Å². The monoisotopic (exact) mass is 934 g/mol. The zero-order valence-corrected chi connectivity index (χ0v) is 38.7. The minimum atomic E-state index is -3.91. The maximum atomic E-state index is 13.2. The molecule has 330 valence electrons. The second-order valence-corrected chi connectivity index (χ2v) is 21.8. The van der Waals surface area contributed by atoms with Crippen LogP contribution in [0.5, 0.6) is 11.5 Å². The zero-order valence-electron chi connectivity index (χ0n) is 35.5. The van der Waals surface area contributed by atoms with Crippen LogP contribution in [-0.2, 0) is 53.3 Å². The minimum Gasteiger partial charge on any atom is -0.495 e. The fraction of sp³-hybridized carbons (Fsp3) is 0.292. The largest absolute Gasteiger partial charge is 0.495 e. The topological polar surface area (TPSA) is 171 Å². The van der Waals surface area contributed by atoms with Crippen LogP contribution in [0, 0.1) is 0 Å². The Morgan fingerprint density at radius 3 is 1.69 bits per heavy atom. The van der Waals surface area contributed by atoms with Gasteiger partial charge < -0.3 is 9.47 Å². The van der Waals surface area contributed by atoms with Gasteiger partial charge in [-0.25, -0.2) is 26.8 Å². The highest BCUT2D eigenvalue weighted by Gasteiger charge is 2.52. The Morgan fingerprint density at radius 1 is 0.703 bits per heavy atom. The summed E-state index contributed by atoms with van der Waals surface area (Å²) in [4.78, 5) is 35.0. The molecule has 2 spiro atoms. The Hall–Kier alpha value is -5.68. The number of hydrogen-bond donors (Lipinski definition) is 2. The number of rotatable bonds is 12. The van der Waals surface area contributed by atoms with E-state index in [0.717, 1.165) is 81.9 Å². The van der Waals surface area contributed by atoms with Gasteiger partial charge in [0.15, 0.2) is 0 Å². The van der Waals surface area contributed by atoms with Crippen molar-refractivity contribution >= 4 is 71.2 Å². The van der Waals surface area contributed by atoms with E-state index in [1.54, 1.807) is 66.2 Å². The van der Waals surface area contributed by atoms with Crippen molar-refractivity contribution in [3.63, 3.8) is 0 Å². The number of carbonyl (C=O) groups is 2. The molecule has 0 saturated heterocycles. The molecule has 4 aliphatic carbocycles. The molecule has 1 unspecified atom stereocenters. The van der Waals surface area contributed by atoms with Crippen molar-refractivity contribution in [2.75, 3.05) is 23.7 Å². The number of ketones is 2. The molecule has 2 saturated carbocycles. The second-order valence-electron chi connectivity index (χ2n) is 16.6. The number of nitrogens with zero attached hydrogens (tertiary/aromatic N) is 2. The lowest BCUT2D eigenvalue weighted by Crippen LogP contribution is -2.39. The van der Waals surface area contributed by atoms with E-state index in [9.17, 15) is 26.4 Å². The molecule has 2 N–H and O–H groups in total. The number of carbonyl (C=O) groups excluding carboxylic acids is 2. The second kappa shape index (κ2) is 16.7. The van der Waals surface area contributed by atoms with Gasteiger partial charge in [0.05, 0.1) is 30.1 Å². The molecule has 16 heteroatoms. The lowest BCUT2D eigenvalue weighted by atomic mass is 9.64. The number of thiazole rings is 2. The molecule has 2 heterocycles. The Kier molecular flexibility index (Phi) is 11.4. The van der Waals surface area contributed by atoms with Crippen molar-refractivity contribution in [1.29, 1.82) is 0 Å². The Balaban J connectivity index is 0.000000162. The number of methoxy groups -OCH3 is 2.